The van der Waals surface area contributed by atoms with E-state index in [9.17, 15) is 14.7 Å². The van der Waals surface area contributed by atoms with Crippen molar-refractivity contribution < 1.29 is 19.4 Å². The average Bonchev–Trinajstić information content (AvgIpc) is 2.80. The summed E-state index contributed by atoms with van der Waals surface area (Å²) >= 11 is 0. The fourth-order valence-corrected chi connectivity index (χ4v) is 3.63. The normalized spacial score (nSPS) is 38.0. The highest BCUT2D eigenvalue weighted by Crippen LogP contribution is 2.38. The number of rotatable bonds is 3. The van der Waals surface area contributed by atoms with E-state index in [1.54, 1.807) is 7.11 Å². The molecule has 114 valence electrons. The number of likely N-dealkylation sites (tertiary alicyclic amines) is 1. The van der Waals surface area contributed by atoms with Crippen molar-refractivity contribution in [1.29, 1.82) is 0 Å². The molecule has 1 aliphatic heterocycles. The van der Waals surface area contributed by atoms with Gasteiger partial charge in [0.15, 0.2) is 0 Å². The Bertz CT molecular complexity index is 397. The maximum Gasteiger partial charge on any atom is 0.307 e. The van der Waals surface area contributed by atoms with Crippen molar-refractivity contribution in [1.82, 2.24) is 4.90 Å². The van der Waals surface area contributed by atoms with Gasteiger partial charge in [-0.15, -0.1) is 0 Å². The summed E-state index contributed by atoms with van der Waals surface area (Å²) in [5.41, 5.74) is -0.295. The van der Waals surface area contributed by atoms with Crippen LogP contribution in [0, 0.1) is 17.8 Å². The van der Waals surface area contributed by atoms with Crippen molar-refractivity contribution in [3.05, 3.63) is 0 Å². The molecule has 0 bridgehead atoms. The molecule has 5 heteroatoms. The summed E-state index contributed by atoms with van der Waals surface area (Å²) in [6.07, 6.45) is 3.16. The number of aliphatic carboxylic acids is 1. The van der Waals surface area contributed by atoms with Gasteiger partial charge in [-0.1, -0.05) is 6.92 Å². The number of nitrogens with zero attached hydrogens (tertiary/aromatic N) is 1. The summed E-state index contributed by atoms with van der Waals surface area (Å²) in [5.74, 6) is -1.40. The number of hydrogen-bond donors (Lipinski definition) is 1. The minimum Gasteiger partial charge on any atom is -0.481 e. The van der Waals surface area contributed by atoms with Crippen molar-refractivity contribution in [2.75, 3.05) is 20.2 Å². The number of carboxylic acid groups (broad SMARTS) is 1. The fraction of sp³-hybridized carbons (Fsp3) is 0.867. The van der Waals surface area contributed by atoms with Crippen molar-refractivity contribution in [2.45, 2.75) is 45.1 Å². The van der Waals surface area contributed by atoms with Gasteiger partial charge in [0.05, 0.1) is 17.4 Å². The van der Waals surface area contributed by atoms with E-state index in [0.717, 1.165) is 19.4 Å². The molecule has 0 radical (unpaired) electrons. The Morgan fingerprint density at radius 3 is 2.55 bits per heavy atom. The molecule has 1 aliphatic carbocycles. The van der Waals surface area contributed by atoms with Crippen LogP contribution in [0.1, 0.15) is 39.5 Å². The third-order valence-corrected chi connectivity index (χ3v) is 4.90. The Hall–Kier alpha value is -1.10. The van der Waals surface area contributed by atoms with Gasteiger partial charge in [0.1, 0.15) is 0 Å². The molecule has 20 heavy (non-hydrogen) atoms. The first-order valence-electron chi connectivity index (χ1n) is 7.43. The Labute approximate surface area is 120 Å². The minimum absolute atomic E-state index is 0.00438. The van der Waals surface area contributed by atoms with Crippen LogP contribution in [0.4, 0.5) is 0 Å². The lowest BCUT2D eigenvalue weighted by atomic mass is 9.90. The maximum atomic E-state index is 12.7. The molecule has 0 spiro atoms. The van der Waals surface area contributed by atoms with Gasteiger partial charge in [-0.2, -0.15) is 0 Å². The number of carbonyl (C=O) groups excluding carboxylic acids is 1. The van der Waals surface area contributed by atoms with Crippen LogP contribution in [-0.4, -0.2) is 47.7 Å². The average molecular weight is 283 g/mol. The Balaban J connectivity index is 2.08. The summed E-state index contributed by atoms with van der Waals surface area (Å²) in [6, 6.07) is 0. The second-order valence-electron chi connectivity index (χ2n) is 6.65. The third kappa shape index (κ3) is 2.97. The van der Waals surface area contributed by atoms with E-state index in [2.05, 4.69) is 0 Å². The van der Waals surface area contributed by atoms with Crippen LogP contribution >= 0.6 is 0 Å². The molecule has 2 rings (SSSR count). The van der Waals surface area contributed by atoms with E-state index in [0.29, 0.717) is 25.3 Å². The Morgan fingerprint density at radius 1 is 1.30 bits per heavy atom. The predicted molar refractivity (Wildman–Crippen MR) is 74.2 cm³/mol. The largest absolute Gasteiger partial charge is 0.481 e. The zero-order chi connectivity index (χ0) is 14.9. The molecule has 4 atom stereocenters. The Kier molecular flexibility index (Phi) is 4.37. The van der Waals surface area contributed by atoms with E-state index in [1.165, 1.54) is 0 Å². The zero-order valence-corrected chi connectivity index (χ0v) is 12.6. The SMILES string of the molecule is COC1(C)CCCN(C(=O)C2CC(C)CC2C(=O)O)C1. The second kappa shape index (κ2) is 5.72. The Morgan fingerprint density at radius 2 is 1.95 bits per heavy atom. The molecule has 0 aromatic rings. The van der Waals surface area contributed by atoms with E-state index in [-0.39, 0.29) is 17.4 Å². The highest BCUT2D eigenvalue weighted by atomic mass is 16.5. The standard InChI is InChI=1S/C15H25NO4/c1-10-7-11(12(8-10)14(18)19)13(17)16-6-4-5-15(2,9-16)20-3/h10-12H,4-9H2,1-3H3,(H,18,19). The molecule has 0 aromatic heterocycles. The number of ether oxygens (including phenoxy) is 1. The van der Waals surface area contributed by atoms with Gasteiger partial charge in [-0.3, -0.25) is 9.59 Å². The fourth-order valence-electron chi connectivity index (χ4n) is 3.63. The highest BCUT2D eigenvalue weighted by molar-refractivity contribution is 5.85. The second-order valence-corrected chi connectivity index (χ2v) is 6.65. The molecular formula is C15H25NO4. The van der Waals surface area contributed by atoms with Gasteiger partial charge in [0, 0.05) is 20.2 Å². The number of carboxylic acids is 1. The van der Waals surface area contributed by atoms with Gasteiger partial charge in [-0.25, -0.2) is 0 Å². The van der Waals surface area contributed by atoms with Crippen molar-refractivity contribution in [3.8, 4) is 0 Å². The predicted octanol–water partition coefficient (Wildman–Crippen LogP) is 1.76. The van der Waals surface area contributed by atoms with Gasteiger partial charge in [0.2, 0.25) is 5.91 Å². The lowest BCUT2D eigenvalue weighted by Crippen LogP contribution is -2.51. The van der Waals surface area contributed by atoms with Gasteiger partial charge < -0.3 is 14.7 Å². The molecule has 1 amide bonds. The number of amides is 1. The van der Waals surface area contributed by atoms with Gasteiger partial charge in [-0.05, 0) is 38.5 Å². The summed E-state index contributed by atoms with van der Waals surface area (Å²) in [4.78, 5) is 25.8. The number of carbonyl (C=O) groups is 2. The monoisotopic (exact) mass is 283 g/mol. The van der Waals surface area contributed by atoms with Crippen molar-refractivity contribution in [2.24, 2.45) is 17.8 Å². The molecule has 1 saturated heterocycles. The lowest BCUT2D eigenvalue weighted by molar-refractivity contribution is -0.152. The number of methoxy groups -OCH3 is 1. The molecule has 1 N–H and O–H groups in total. The van der Waals surface area contributed by atoms with Crippen LogP contribution in [0.3, 0.4) is 0 Å². The number of piperidine rings is 1. The van der Waals surface area contributed by atoms with Gasteiger partial charge >= 0.3 is 5.97 Å². The maximum absolute atomic E-state index is 12.7. The minimum atomic E-state index is -0.834. The van der Waals surface area contributed by atoms with Crippen LogP contribution < -0.4 is 0 Å². The lowest BCUT2D eigenvalue weighted by Gasteiger charge is -2.40. The first kappa shape index (κ1) is 15.3. The highest BCUT2D eigenvalue weighted by Gasteiger charge is 2.44. The van der Waals surface area contributed by atoms with Crippen LogP contribution in [0.25, 0.3) is 0 Å². The molecule has 5 nitrogen and oxygen atoms in total. The molecule has 1 saturated carbocycles. The molecular weight excluding hydrogens is 258 g/mol. The quantitative estimate of drug-likeness (QED) is 0.857. The smallest absolute Gasteiger partial charge is 0.307 e. The molecule has 4 unspecified atom stereocenters. The third-order valence-electron chi connectivity index (χ3n) is 4.90. The van der Waals surface area contributed by atoms with Crippen molar-refractivity contribution >= 4 is 11.9 Å². The summed E-state index contributed by atoms with van der Waals surface area (Å²) in [6.45, 7) is 5.33. The van der Waals surface area contributed by atoms with Crippen LogP contribution in [0.15, 0.2) is 0 Å². The van der Waals surface area contributed by atoms with E-state index >= 15 is 0 Å². The summed E-state index contributed by atoms with van der Waals surface area (Å²) < 4.78 is 5.51. The summed E-state index contributed by atoms with van der Waals surface area (Å²) in [5, 5.41) is 9.30. The van der Waals surface area contributed by atoms with E-state index < -0.39 is 11.9 Å². The molecule has 2 fully saturated rings. The van der Waals surface area contributed by atoms with Crippen molar-refractivity contribution in [3.63, 3.8) is 0 Å². The number of hydrogen-bond acceptors (Lipinski definition) is 3. The first-order valence-corrected chi connectivity index (χ1v) is 7.43. The van der Waals surface area contributed by atoms with Crippen LogP contribution in [-0.2, 0) is 14.3 Å². The first-order chi connectivity index (χ1) is 9.36. The van der Waals surface area contributed by atoms with E-state index in [4.69, 9.17) is 4.74 Å². The van der Waals surface area contributed by atoms with E-state index in [1.807, 2.05) is 18.7 Å². The van der Waals surface area contributed by atoms with Crippen LogP contribution in [0.5, 0.6) is 0 Å². The molecule has 0 aromatic carbocycles. The van der Waals surface area contributed by atoms with Crippen LogP contribution in [0.2, 0.25) is 0 Å². The molecule has 1 heterocycles. The molecule has 2 aliphatic rings. The zero-order valence-electron chi connectivity index (χ0n) is 12.6. The topological polar surface area (TPSA) is 66.8 Å². The summed E-state index contributed by atoms with van der Waals surface area (Å²) in [7, 11) is 1.67. The van der Waals surface area contributed by atoms with Gasteiger partial charge in [0.25, 0.3) is 0 Å².